The molecule has 0 aromatic carbocycles. The molecule has 1 N–H and O–H groups in total. The normalized spacial score (nSPS) is 15.6. The fourth-order valence-corrected chi connectivity index (χ4v) is 3.69. The second-order valence-electron chi connectivity index (χ2n) is 4.47. The smallest absolute Gasteiger partial charge is 0.355 e. The molecule has 7 heteroatoms. The first-order chi connectivity index (χ1) is 8.30. The van der Waals surface area contributed by atoms with Crippen molar-refractivity contribution in [1.29, 1.82) is 0 Å². The number of rotatable bonds is 10. The summed E-state index contributed by atoms with van der Waals surface area (Å²) in [4.78, 5) is 11.8. The Bertz CT molecular complexity index is 255. The molecule has 0 bridgehead atoms. The highest BCUT2D eigenvalue weighted by Crippen LogP contribution is 2.55. The maximum atomic E-state index is 11.6. The van der Waals surface area contributed by atoms with E-state index in [0.29, 0.717) is 24.4 Å². The molecule has 0 heterocycles. The van der Waals surface area contributed by atoms with Gasteiger partial charge in [-0.15, -0.1) is 0 Å². The van der Waals surface area contributed by atoms with Crippen LogP contribution in [0, 0.1) is 0 Å². The maximum absolute atomic E-state index is 11.6. The third-order valence-electron chi connectivity index (χ3n) is 2.43. The Kier molecular flexibility index (Phi) is 9.56. The molecule has 0 aliphatic rings. The van der Waals surface area contributed by atoms with Crippen molar-refractivity contribution in [1.82, 2.24) is 4.90 Å². The van der Waals surface area contributed by atoms with E-state index in [-0.39, 0.29) is 6.79 Å². The molecule has 0 amide bonds. The summed E-state index contributed by atoms with van der Waals surface area (Å²) >= 11 is 0.960. The molecule has 0 aliphatic carbocycles. The van der Waals surface area contributed by atoms with Gasteiger partial charge in [-0.2, -0.15) is 0 Å². The lowest BCUT2D eigenvalue weighted by Gasteiger charge is -2.30. The van der Waals surface area contributed by atoms with Crippen LogP contribution in [0.4, 0.5) is 0 Å². The number of ether oxygens (including phenoxy) is 1. The SMILES string of the molecule is CCOCOP(=O)(O)SCCN(C(C)C)C(C)C. The van der Waals surface area contributed by atoms with Gasteiger partial charge in [-0.05, 0) is 46.0 Å². The molecule has 0 aromatic heterocycles. The zero-order valence-corrected chi connectivity index (χ0v) is 13.7. The van der Waals surface area contributed by atoms with E-state index in [4.69, 9.17) is 9.26 Å². The van der Waals surface area contributed by atoms with E-state index in [2.05, 4.69) is 32.6 Å². The lowest BCUT2D eigenvalue weighted by molar-refractivity contribution is 0.0194. The van der Waals surface area contributed by atoms with E-state index in [1.54, 1.807) is 0 Å². The first-order valence-electron chi connectivity index (χ1n) is 6.25. The molecule has 0 saturated carbocycles. The van der Waals surface area contributed by atoms with Gasteiger partial charge in [0.25, 0.3) is 0 Å². The average molecular weight is 299 g/mol. The molecule has 18 heavy (non-hydrogen) atoms. The molecule has 0 radical (unpaired) electrons. The molecule has 0 saturated heterocycles. The maximum Gasteiger partial charge on any atom is 0.388 e. The molecule has 5 nitrogen and oxygen atoms in total. The van der Waals surface area contributed by atoms with Gasteiger partial charge in [0.1, 0.15) is 0 Å². The third kappa shape index (κ3) is 8.51. The van der Waals surface area contributed by atoms with E-state index in [0.717, 1.165) is 17.9 Å². The second-order valence-corrected chi connectivity index (χ2v) is 8.49. The van der Waals surface area contributed by atoms with Crippen LogP contribution in [0.2, 0.25) is 0 Å². The predicted octanol–water partition coefficient (Wildman–Crippen LogP) is 2.95. The van der Waals surface area contributed by atoms with E-state index in [9.17, 15) is 9.46 Å². The van der Waals surface area contributed by atoms with Crippen molar-refractivity contribution in [2.45, 2.75) is 46.7 Å². The molecule has 0 rings (SSSR count). The lowest BCUT2D eigenvalue weighted by atomic mass is 10.2. The molecule has 0 fully saturated rings. The van der Waals surface area contributed by atoms with Crippen LogP contribution in [0.15, 0.2) is 0 Å². The Morgan fingerprint density at radius 3 is 2.28 bits per heavy atom. The van der Waals surface area contributed by atoms with Gasteiger partial charge >= 0.3 is 6.80 Å². The standard InChI is InChI=1S/C11H26NO4PS/c1-6-15-9-16-17(13,14)18-8-7-12(10(2)3)11(4)5/h10-11H,6-9H2,1-5H3,(H,13,14). The van der Waals surface area contributed by atoms with Crippen molar-refractivity contribution < 1.29 is 18.7 Å². The average Bonchev–Trinajstić information content (AvgIpc) is 2.23. The molecule has 1 atom stereocenters. The Labute approximate surface area is 115 Å². The van der Waals surface area contributed by atoms with Crippen LogP contribution < -0.4 is 0 Å². The topological polar surface area (TPSA) is 59.0 Å². The van der Waals surface area contributed by atoms with Crippen molar-refractivity contribution >= 4 is 18.2 Å². The van der Waals surface area contributed by atoms with Crippen LogP contribution in [-0.4, -0.2) is 47.6 Å². The van der Waals surface area contributed by atoms with Crippen LogP contribution >= 0.6 is 18.2 Å². The quantitative estimate of drug-likeness (QED) is 0.380. The van der Waals surface area contributed by atoms with Gasteiger partial charge < -0.3 is 9.63 Å². The van der Waals surface area contributed by atoms with Crippen LogP contribution in [0.25, 0.3) is 0 Å². The van der Waals surface area contributed by atoms with Crippen LogP contribution in [0.3, 0.4) is 0 Å². The van der Waals surface area contributed by atoms with Gasteiger partial charge in [0.15, 0.2) is 6.79 Å². The first-order valence-corrected chi connectivity index (χ1v) is 9.42. The van der Waals surface area contributed by atoms with Gasteiger partial charge in [0.2, 0.25) is 0 Å². The number of hydrogen-bond acceptors (Lipinski definition) is 5. The molecular weight excluding hydrogens is 273 g/mol. The summed E-state index contributed by atoms with van der Waals surface area (Å²) in [5.41, 5.74) is 0. The predicted molar refractivity (Wildman–Crippen MR) is 76.8 cm³/mol. The molecule has 0 aliphatic heterocycles. The largest absolute Gasteiger partial charge is 0.388 e. The fourth-order valence-electron chi connectivity index (χ4n) is 1.60. The molecule has 110 valence electrons. The molecule has 0 spiro atoms. The summed E-state index contributed by atoms with van der Waals surface area (Å²) in [6.07, 6.45) is 0. The van der Waals surface area contributed by atoms with Gasteiger partial charge in [0.05, 0.1) is 0 Å². The third-order valence-corrected chi connectivity index (χ3v) is 5.40. The summed E-state index contributed by atoms with van der Waals surface area (Å²) in [6, 6.07) is 0.848. The molecular formula is C11H26NO4PS. The Morgan fingerprint density at radius 1 is 1.28 bits per heavy atom. The van der Waals surface area contributed by atoms with Crippen molar-refractivity contribution in [3.63, 3.8) is 0 Å². The minimum Gasteiger partial charge on any atom is -0.355 e. The summed E-state index contributed by atoms with van der Waals surface area (Å²) in [6.45, 7) is 7.82. The summed E-state index contributed by atoms with van der Waals surface area (Å²) < 4.78 is 21.3. The Morgan fingerprint density at radius 2 is 1.83 bits per heavy atom. The Balaban J connectivity index is 3.96. The van der Waals surface area contributed by atoms with E-state index in [1.165, 1.54) is 0 Å². The van der Waals surface area contributed by atoms with E-state index >= 15 is 0 Å². The highest BCUT2D eigenvalue weighted by molar-refractivity contribution is 8.54. The van der Waals surface area contributed by atoms with Gasteiger partial charge in [-0.1, -0.05) is 0 Å². The zero-order valence-electron chi connectivity index (χ0n) is 12.0. The summed E-state index contributed by atoms with van der Waals surface area (Å²) in [5, 5.41) is 0. The van der Waals surface area contributed by atoms with Crippen LogP contribution in [0.5, 0.6) is 0 Å². The van der Waals surface area contributed by atoms with E-state index < -0.39 is 6.80 Å². The molecule has 1 unspecified atom stereocenters. The molecule has 0 aromatic rings. The van der Waals surface area contributed by atoms with Crippen LogP contribution in [-0.2, 0) is 13.8 Å². The van der Waals surface area contributed by atoms with Crippen LogP contribution in [0.1, 0.15) is 34.6 Å². The van der Waals surface area contributed by atoms with E-state index in [1.807, 2.05) is 6.92 Å². The summed E-state index contributed by atoms with van der Waals surface area (Å²) in [5.74, 6) is 0.566. The monoisotopic (exact) mass is 299 g/mol. The number of hydrogen-bond donors (Lipinski definition) is 1. The second kappa shape index (κ2) is 9.34. The van der Waals surface area contributed by atoms with Crippen molar-refractivity contribution in [3.05, 3.63) is 0 Å². The highest BCUT2D eigenvalue weighted by Gasteiger charge is 2.21. The van der Waals surface area contributed by atoms with Gasteiger partial charge in [-0.3, -0.25) is 9.42 Å². The Hall–Kier alpha value is 0.420. The number of nitrogens with zero attached hydrogens (tertiary/aromatic N) is 1. The van der Waals surface area contributed by atoms with Gasteiger partial charge in [0, 0.05) is 31.0 Å². The first kappa shape index (κ1) is 18.4. The lowest BCUT2D eigenvalue weighted by Crippen LogP contribution is -2.38. The van der Waals surface area contributed by atoms with Gasteiger partial charge in [-0.25, -0.2) is 4.57 Å². The minimum absolute atomic E-state index is 0.130. The fraction of sp³-hybridized carbons (Fsp3) is 1.00. The zero-order chi connectivity index (χ0) is 14.2. The summed E-state index contributed by atoms with van der Waals surface area (Å²) in [7, 11) is 0. The van der Waals surface area contributed by atoms with Crippen molar-refractivity contribution in [2.24, 2.45) is 0 Å². The van der Waals surface area contributed by atoms with Crippen molar-refractivity contribution in [2.75, 3.05) is 25.7 Å². The minimum atomic E-state index is -3.57. The van der Waals surface area contributed by atoms with Crippen molar-refractivity contribution in [3.8, 4) is 0 Å². The highest BCUT2D eigenvalue weighted by atomic mass is 32.7.